The van der Waals surface area contributed by atoms with E-state index in [1.807, 2.05) is 0 Å². The van der Waals surface area contributed by atoms with Crippen LogP contribution in [0, 0.1) is 0 Å². The molecule has 2 aromatic heterocycles. The molecule has 0 amide bonds. The van der Waals surface area contributed by atoms with Crippen molar-refractivity contribution in [1.82, 2.24) is 14.6 Å². The summed E-state index contributed by atoms with van der Waals surface area (Å²) in [6.07, 6.45) is -4.71. The van der Waals surface area contributed by atoms with Crippen molar-refractivity contribution in [1.29, 1.82) is 0 Å². The number of aromatic nitrogens is 3. The average molecular weight is 482 g/mol. The Kier molecular flexibility index (Phi) is 7.29. The highest BCUT2D eigenvalue weighted by atomic mass is 31.3. The Bertz CT molecular complexity index is 1010. The average Bonchev–Trinajstić information content (AvgIpc) is 2.92. The van der Waals surface area contributed by atoms with Crippen molar-refractivity contribution < 1.29 is 55.4 Å². The van der Waals surface area contributed by atoms with Crippen LogP contribution >= 0.6 is 23.2 Å². The van der Waals surface area contributed by atoms with Crippen LogP contribution in [0.1, 0.15) is 5.56 Å². The van der Waals surface area contributed by atoms with Gasteiger partial charge in [0.15, 0.2) is 5.65 Å². The topological polar surface area (TPSA) is 216 Å². The molecule has 29 heavy (non-hydrogen) atoms. The van der Waals surface area contributed by atoms with Crippen LogP contribution in [0.5, 0.6) is 0 Å². The van der Waals surface area contributed by atoms with Gasteiger partial charge < -0.3 is 30.0 Å². The Morgan fingerprint density at radius 2 is 1.83 bits per heavy atom. The Morgan fingerprint density at radius 3 is 2.41 bits per heavy atom. The lowest BCUT2D eigenvalue weighted by Crippen LogP contribution is -2.25. The predicted octanol–water partition coefficient (Wildman–Crippen LogP) is 0.873. The maximum atomic E-state index is 13.3. The lowest BCUT2D eigenvalue weighted by atomic mass is 10.1. The van der Waals surface area contributed by atoms with Crippen LogP contribution in [0.25, 0.3) is 5.65 Å². The number of fused-ring (bicyclic) bond motifs is 1. The molecule has 2 rings (SSSR count). The number of hydrogen-bond acceptors (Lipinski definition) is 9. The second-order valence-electron chi connectivity index (χ2n) is 5.41. The maximum absolute atomic E-state index is 13.3. The third kappa shape index (κ3) is 7.15. The van der Waals surface area contributed by atoms with Crippen LogP contribution in [-0.4, -0.2) is 53.0 Å². The van der Waals surface area contributed by atoms with E-state index in [0.29, 0.717) is 0 Å². The normalized spacial score (nSPS) is 17.9. The number of phosphoric acid groups is 2. The van der Waals surface area contributed by atoms with E-state index in [9.17, 15) is 27.4 Å². The quantitative estimate of drug-likeness (QED) is 0.298. The van der Waals surface area contributed by atoms with E-state index in [2.05, 4.69) is 23.4 Å². The third-order valence-corrected chi connectivity index (χ3v) is 7.10. The van der Waals surface area contributed by atoms with Crippen LogP contribution in [0.2, 0.25) is 0 Å². The minimum absolute atomic E-state index is 0.137. The van der Waals surface area contributed by atoms with E-state index in [4.69, 9.17) is 20.4 Å². The highest BCUT2D eigenvalue weighted by Gasteiger charge is 2.40. The molecule has 14 nitrogen and oxygen atoms in total. The lowest BCUT2D eigenvalue weighted by molar-refractivity contribution is -0.0425. The van der Waals surface area contributed by atoms with Crippen LogP contribution in [0.3, 0.4) is 0 Å². The van der Waals surface area contributed by atoms with E-state index >= 15 is 0 Å². The molecule has 0 fully saturated rings. The van der Waals surface area contributed by atoms with E-state index < -0.39 is 48.5 Å². The summed E-state index contributed by atoms with van der Waals surface area (Å²) in [5.41, 5.74) is 5.95. The fourth-order valence-corrected chi connectivity index (χ4v) is 5.38. The Morgan fingerprint density at radius 1 is 1.17 bits per heavy atom. The first-order valence-electron chi connectivity index (χ1n) is 7.29. The van der Waals surface area contributed by atoms with Crippen molar-refractivity contribution in [3.63, 3.8) is 0 Å². The minimum Gasteiger partial charge on any atom is -0.384 e. The van der Waals surface area contributed by atoms with Gasteiger partial charge in [0.25, 0.3) is 6.43 Å². The summed E-state index contributed by atoms with van der Waals surface area (Å²) in [7, 11) is -16.5. The molecule has 0 aliphatic rings. The zero-order valence-electron chi connectivity index (χ0n) is 14.1. The van der Waals surface area contributed by atoms with Crippen molar-refractivity contribution in [3.8, 4) is 0 Å². The summed E-state index contributed by atoms with van der Waals surface area (Å²) in [5.74, 6) is 0.174. The monoisotopic (exact) mass is 482 g/mol. The number of hydrogen-bond donors (Lipinski definition) is 5. The number of alkyl halides is 2. The Hall–Kier alpha value is -1.31. The molecule has 2 heterocycles. The summed E-state index contributed by atoms with van der Waals surface area (Å²) in [4.78, 5) is 39.4. The SMILES string of the molecule is Nc1ccnc2c(C[C@H](OCP(=O)(O)OP(=O)(O)OP(=O)(O)O)C(F)F)cnn12. The zero-order chi connectivity index (χ0) is 22.0. The van der Waals surface area contributed by atoms with E-state index in [1.165, 1.54) is 23.0 Å². The second kappa shape index (κ2) is 8.82. The van der Waals surface area contributed by atoms with Crippen molar-refractivity contribution >= 4 is 34.7 Å². The highest BCUT2D eigenvalue weighted by Crippen LogP contribution is 2.65. The number of ether oxygens (including phenoxy) is 1. The third-order valence-electron chi connectivity index (χ3n) is 3.10. The molecule has 3 atom stereocenters. The van der Waals surface area contributed by atoms with Crippen molar-refractivity contribution in [2.45, 2.75) is 19.0 Å². The Balaban J connectivity index is 2.08. The molecule has 0 saturated carbocycles. The molecule has 0 aliphatic carbocycles. The molecule has 0 spiro atoms. The van der Waals surface area contributed by atoms with Crippen LogP contribution < -0.4 is 5.73 Å². The van der Waals surface area contributed by atoms with Crippen molar-refractivity contribution in [3.05, 3.63) is 24.0 Å². The van der Waals surface area contributed by atoms with Crippen LogP contribution in [-0.2, 0) is 33.5 Å². The summed E-state index contributed by atoms with van der Waals surface area (Å²) in [5, 5.41) is 3.86. The van der Waals surface area contributed by atoms with Gasteiger partial charge in [-0.25, -0.2) is 27.2 Å². The molecular formula is C10H15F2N4O10P3. The van der Waals surface area contributed by atoms with Gasteiger partial charge in [-0.1, -0.05) is 0 Å². The molecule has 2 unspecified atom stereocenters. The van der Waals surface area contributed by atoms with E-state index in [-0.39, 0.29) is 17.0 Å². The summed E-state index contributed by atoms with van der Waals surface area (Å²) in [6.45, 7) is 0. The first-order chi connectivity index (χ1) is 13.2. The zero-order valence-corrected chi connectivity index (χ0v) is 16.7. The predicted molar refractivity (Wildman–Crippen MR) is 90.7 cm³/mol. The largest absolute Gasteiger partial charge is 0.488 e. The molecule has 19 heteroatoms. The van der Waals surface area contributed by atoms with E-state index in [1.54, 1.807) is 0 Å². The Labute approximate surface area is 160 Å². The van der Waals surface area contributed by atoms with E-state index in [0.717, 1.165) is 0 Å². The van der Waals surface area contributed by atoms with Gasteiger partial charge in [0.05, 0.1) is 6.20 Å². The van der Waals surface area contributed by atoms with Crippen LogP contribution in [0.4, 0.5) is 14.6 Å². The van der Waals surface area contributed by atoms with Crippen molar-refractivity contribution in [2.24, 2.45) is 0 Å². The number of rotatable bonds is 10. The highest BCUT2D eigenvalue weighted by molar-refractivity contribution is 7.68. The van der Waals surface area contributed by atoms with Crippen LogP contribution in [0.15, 0.2) is 18.5 Å². The molecular weight excluding hydrogens is 467 g/mol. The second-order valence-corrected chi connectivity index (χ2v) is 10.2. The number of anilines is 1. The van der Waals surface area contributed by atoms with Gasteiger partial charge in [0, 0.05) is 18.2 Å². The van der Waals surface area contributed by atoms with Gasteiger partial charge in [-0.2, -0.15) is 13.9 Å². The molecule has 0 aliphatic heterocycles. The number of nitrogens with zero attached hydrogens (tertiary/aromatic N) is 3. The molecule has 0 bridgehead atoms. The number of nitrogen functional groups attached to an aromatic ring is 1. The number of nitrogens with two attached hydrogens (primary N) is 1. The molecule has 6 N–H and O–H groups in total. The molecule has 0 aromatic carbocycles. The number of halogens is 2. The van der Waals surface area contributed by atoms with Gasteiger partial charge in [-0.3, -0.25) is 4.57 Å². The fourth-order valence-electron chi connectivity index (χ4n) is 2.06. The summed E-state index contributed by atoms with van der Waals surface area (Å²) < 4.78 is 73.0. The molecule has 2 aromatic rings. The van der Waals surface area contributed by atoms with Gasteiger partial charge in [0.2, 0.25) is 0 Å². The fraction of sp³-hybridized carbons (Fsp3) is 0.400. The first kappa shape index (κ1) is 24.0. The van der Waals surface area contributed by atoms with Gasteiger partial charge in [-0.05, 0) is 6.07 Å². The first-order valence-corrected chi connectivity index (χ1v) is 12.1. The van der Waals surface area contributed by atoms with Gasteiger partial charge in [-0.15, -0.1) is 0 Å². The summed E-state index contributed by atoms with van der Waals surface area (Å²) in [6, 6.07) is 1.41. The van der Waals surface area contributed by atoms with Gasteiger partial charge >= 0.3 is 23.2 Å². The standard InChI is InChI=1S/C10H15F2N4O10P3/c11-9(12)7(3-6-4-15-16-8(13)1-2-14-10(6)16)24-5-27(17,18)25-29(22,23)26-28(19,20)21/h1-2,4,7,9H,3,5,13H2,(H,17,18)(H,22,23)(H2,19,20,21)/t7-/m0/s1. The smallest absolute Gasteiger partial charge is 0.384 e. The van der Waals surface area contributed by atoms with Gasteiger partial charge in [0.1, 0.15) is 18.3 Å². The molecule has 0 radical (unpaired) electrons. The lowest BCUT2D eigenvalue weighted by Gasteiger charge is -2.20. The van der Waals surface area contributed by atoms with Crippen molar-refractivity contribution in [2.75, 3.05) is 12.1 Å². The molecule has 164 valence electrons. The minimum atomic E-state index is -5.69. The maximum Gasteiger partial charge on any atom is 0.488 e. The molecule has 0 saturated heterocycles. The summed E-state index contributed by atoms with van der Waals surface area (Å²) >= 11 is 0.